The zero-order valence-electron chi connectivity index (χ0n) is 8.54. The lowest BCUT2D eigenvalue weighted by atomic mass is 10.3. The molecule has 3 nitrogen and oxygen atoms in total. The van der Waals surface area contributed by atoms with Crippen molar-refractivity contribution in [3.05, 3.63) is 18.0 Å². The topological polar surface area (TPSA) is 31.4 Å². The summed E-state index contributed by atoms with van der Waals surface area (Å²) in [6, 6.07) is 1.22. The van der Waals surface area contributed by atoms with Crippen molar-refractivity contribution in [2.45, 2.75) is 25.1 Å². The Hall–Kier alpha value is -1.46. The van der Waals surface area contributed by atoms with Gasteiger partial charge in [0.15, 0.2) is 11.4 Å². The highest BCUT2D eigenvalue weighted by Gasteiger charge is 2.38. The van der Waals surface area contributed by atoms with E-state index in [0.29, 0.717) is 0 Å². The van der Waals surface area contributed by atoms with E-state index in [4.69, 9.17) is 9.47 Å². The van der Waals surface area contributed by atoms with E-state index in [2.05, 4.69) is 4.98 Å². The number of aromatic nitrogens is 1. The molecule has 6 heteroatoms. The molecule has 0 bridgehead atoms. The van der Waals surface area contributed by atoms with Crippen molar-refractivity contribution in [1.29, 1.82) is 0 Å². The van der Waals surface area contributed by atoms with Crippen molar-refractivity contribution in [2.75, 3.05) is 7.11 Å². The highest BCUT2D eigenvalue weighted by atomic mass is 19.4. The minimum Gasteiger partial charge on any atom is -0.495 e. The Kier molecular flexibility index (Phi) is 2.65. The maximum absolute atomic E-state index is 12.6. The number of methoxy groups -OCH3 is 1. The van der Waals surface area contributed by atoms with Gasteiger partial charge in [0, 0.05) is 6.07 Å². The Morgan fingerprint density at radius 2 is 2.06 bits per heavy atom. The van der Waals surface area contributed by atoms with E-state index in [0.717, 1.165) is 19.0 Å². The molecule has 0 radical (unpaired) electrons. The van der Waals surface area contributed by atoms with Crippen LogP contribution in [-0.2, 0) is 6.18 Å². The third-order valence-corrected chi connectivity index (χ3v) is 2.15. The number of rotatable bonds is 3. The van der Waals surface area contributed by atoms with Gasteiger partial charge in [-0.15, -0.1) is 0 Å². The Morgan fingerprint density at radius 3 is 2.56 bits per heavy atom. The monoisotopic (exact) mass is 233 g/mol. The number of pyridine rings is 1. The van der Waals surface area contributed by atoms with Crippen LogP contribution in [-0.4, -0.2) is 18.2 Å². The second-order valence-electron chi connectivity index (χ2n) is 3.54. The molecule has 1 aliphatic rings. The molecule has 1 saturated carbocycles. The predicted octanol–water partition coefficient (Wildman–Crippen LogP) is 2.65. The molecule has 16 heavy (non-hydrogen) atoms. The average molecular weight is 233 g/mol. The van der Waals surface area contributed by atoms with Crippen LogP contribution in [0.2, 0.25) is 0 Å². The Balaban J connectivity index is 2.33. The second-order valence-corrected chi connectivity index (χ2v) is 3.54. The first-order valence-electron chi connectivity index (χ1n) is 4.78. The van der Waals surface area contributed by atoms with E-state index < -0.39 is 11.9 Å². The maximum Gasteiger partial charge on any atom is 0.437 e. The molecule has 1 heterocycles. The molecule has 1 aromatic heterocycles. The fourth-order valence-corrected chi connectivity index (χ4v) is 1.21. The van der Waals surface area contributed by atoms with Gasteiger partial charge in [0.25, 0.3) is 0 Å². The molecular formula is C10H10F3NO2. The highest BCUT2D eigenvalue weighted by Crippen LogP contribution is 2.38. The molecule has 88 valence electrons. The SMILES string of the molecule is COc1cnc(C(F)(F)F)c(OC2CC2)c1. The number of nitrogens with zero attached hydrogens (tertiary/aromatic N) is 1. The Morgan fingerprint density at radius 1 is 1.38 bits per heavy atom. The molecule has 2 rings (SSSR count). The average Bonchev–Trinajstić information content (AvgIpc) is 3.00. The van der Waals surface area contributed by atoms with Crippen LogP contribution in [0, 0.1) is 0 Å². The number of hydrogen-bond donors (Lipinski definition) is 0. The van der Waals surface area contributed by atoms with Gasteiger partial charge < -0.3 is 9.47 Å². The summed E-state index contributed by atoms with van der Waals surface area (Å²) < 4.78 is 47.7. The molecule has 0 amide bonds. The minimum atomic E-state index is -4.50. The second kappa shape index (κ2) is 3.84. The van der Waals surface area contributed by atoms with E-state index in [1.165, 1.54) is 13.2 Å². The van der Waals surface area contributed by atoms with Crippen molar-refractivity contribution < 1.29 is 22.6 Å². The Bertz CT molecular complexity index is 388. The minimum absolute atomic E-state index is 0.116. The first-order valence-corrected chi connectivity index (χ1v) is 4.78. The number of alkyl halides is 3. The summed E-state index contributed by atoms with van der Waals surface area (Å²) in [4.78, 5) is 3.33. The van der Waals surface area contributed by atoms with Crippen LogP contribution in [0.3, 0.4) is 0 Å². The molecule has 0 saturated heterocycles. The van der Waals surface area contributed by atoms with E-state index in [9.17, 15) is 13.2 Å². The molecule has 0 aromatic carbocycles. The van der Waals surface area contributed by atoms with Gasteiger partial charge in [0.2, 0.25) is 0 Å². The first-order chi connectivity index (χ1) is 7.50. The van der Waals surface area contributed by atoms with Gasteiger partial charge in [-0.25, -0.2) is 4.98 Å². The molecule has 1 aromatic rings. The van der Waals surface area contributed by atoms with Gasteiger partial charge in [0.1, 0.15) is 5.75 Å². The highest BCUT2D eigenvalue weighted by molar-refractivity contribution is 5.37. The number of ether oxygens (including phenoxy) is 2. The van der Waals surface area contributed by atoms with Crippen molar-refractivity contribution in [3.63, 3.8) is 0 Å². The molecule has 1 fully saturated rings. The van der Waals surface area contributed by atoms with Crippen molar-refractivity contribution in [1.82, 2.24) is 4.98 Å². The zero-order chi connectivity index (χ0) is 11.8. The molecule has 0 N–H and O–H groups in total. The van der Waals surface area contributed by atoms with Gasteiger partial charge >= 0.3 is 6.18 Å². The fraction of sp³-hybridized carbons (Fsp3) is 0.500. The third-order valence-electron chi connectivity index (χ3n) is 2.15. The summed E-state index contributed by atoms with van der Waals surface area (Å²) in [5.41, 5.74) is -1.000. The van der Waals surface area contributed by atoms with Crippen LogP contribution in [0.4, 0.5) is 13.2 Å². The smallest absolute Gasteiger partial charge is 0.437 e. The molecule has 0 atom stereocenters. The van der Waals surface area contributed by atoms with Crippen molar-refractivity contribution in [2.24, 2.45) is 0 Å². The molecule has 0 unspecified atom stereocenters. The summed E-state index contributed by atoms with van der Waals surface area (Å²) in [5, 5.41) is 0. The van der Waals surface area contributed by atoms with E-state index in [-0.39, 0.29) is 17.6 Å². The van der Waals surface area contributed by atoms with Crippen LogP contribution in [0.15, 0.2) is 12.3 Å². The lowest BCUT2D eigenvalue weighted by Gasteiger charge is -2.13. The fourth-order valence-electron chi connectivity index (χ4n) is 1.21. The van der Waals surface area contributed by atoms with E-state index in [1.54, 1.807) is 0 Å². The van der Waals surface area contributed by atoms with Crippen LogP contribution in [0.25, 0.3) is 0 Å². The van der Waals surface area contributed by atoms with Crippen molar-refractivity contribution in [3.8, 4) is 11.5 Å². The van der Waals surface area contributed by atoms with Gasteiger partial charge in [-0.3, -0.25) is 0 Å². The number of hydrogen-bond acceptors (Lipinski definition) is 3. The largest absolute Gasteiger partial charge is 0.495 e. The Labute approximate surface area is 90.2 Å². The molecule has 1 aliphatic carbocycles. The quantitative estimate of drug-likeness (QED) is 0.804. The lowest BCUT2D eigenvalue weighted by Crippen LogP contribution is -2.12. The third kappa shape index (κ3) is 2.37. The number of halogens is 3. The lowest BCUT2D eigenvalue weighted by molar-refractivity contribution is -0.142. The van der Waals surface area contributed by atoms with Crippen LogP contribution in [0.5, 0.6) is 11.5 Å². The van der Waals surface area contributed by atoms with Crippen LogP contribution in [0.1, 0.15) is 18.5 Å². The van der Waals surface area contributed by atoms with Crippen molar-refractivity contribution >= 4 is 0 Å². The maximum atomic E-state index is 12.6. The molecular weight excluding hydrogens is 223 g/mol. The van der Waals surface area contributed by atoms with Crippen LogP contribution < -0.4 is 9.47 Å². The normalized spacial score (nSPS) is 16.0. The predicted molar refractivity (Wildman–Crippen MR) is 49.4 cm³/mol. The van der Waals surface area contributed by atoms with E-state index >= 15 is 0 Å². The van der Waals surface area contributed by atoms with Gasteiger partial charge in [-0.2, -0.15) is 13.2 Å². The molecule has 0 spiro atoms. The van der Waals surface area contributed by atoms with Gasteiger partial charge in [0.05, 0.1) is 19.4 Å². The summed E-state index contributed by atoms with van der Waals surface area (Å²) in [5.74, 6) is -0.00185. The summed E-state index contributed by atoms with van der Waals surface area (Å²) in [7, 11) is 1.37. The summed E-state index contributed by atoms with van der Waals surface area (Å²) in [6.07, 6.45) is -2.02. The molecule has 0 aliphatic heterocycles. The standard InChI is InChI=1S/C10H10F3NO2/c1-15-7-4-8(16-6-2-3-6)9(14-5-7)10(11,12)13/h4-6H,2-3H2,1H3. The summed E-state index contributed by atoms with van der Waals surface area (Å²) in [6.45, 7) is 0. The summed E-state index contributed by atoms with van der Waals surface area (Å²) >= 11 is 0. The van der Waals surface area contributed by atoms with E-state index in [1.807, 2.05) is 0 Å². The van der Waals surface area contributed by atoms with Crippen LogP contribution >= 0.6 is 0 Å². The van der Waals surface area contributed by atoms with Gasteiger partial charge in [-0.05, 0) is 12.8 Å². The van der Waals surface area contributed by atoms with Gasteiger partial charge in [-0.1, -0.05) is 0 Å². The zero-order valence-corrected chi connectivity index (χ0v) is 8.54. The first kappa shape index (κ1) is 11.0.